The van der Waals surface area contributed by atoms with Crippen molar-refractivity contribution < 1.29 is 4.79 Å². The molecule has 1 unspecified atom stereocenters. The van der Waals surface area contributed by atoms with Crippen LogP contribution in [0.25, 0.3) is 10.9 Å². The maximum Gasteiger partial charge on any atom is 0.275 e. The molecule has 1 saturated heterocycles. The Kier molecular flexibility index (Phi) is 4.16. The van der Waals surface area contributed by atoms with Gasteiger partial charge in [0.2, 0.25) is 0 Å². The number of nitrogens with zero attached hydrogens (tertiary/aromatic N) is 7. The average Bonchev–Trinajstić information content (AvgIpc) is 3.29. The van der Waals surface area contributed by atoms with Crippen LogP contribution in [0.3, 0.4) is 0 Å². The first-order chi connectivity index (χ1) is 13.6. The van der Waals surface area contributed by atoms with Crippen molar-refractivity contribution in [3.63, 3.8) is 0 Å². The van der Waals surface area contributed by atoms with Gasteiger partial charge in [-0.15, -0.1) is 10.2 Å². The van der Waals surface area contributed by atoms with Crippen molar-refractivity contribution in [1.82, 2.24) is 34.3 Å². The van der Waals surface area contributed by atoms with Gasteiger partial charge < -0.3 is 9.47 Å². The molecule has 1 amide bonds. The Bertz CT molecular complexity index is 1040. The van der Waals surface area contributed by atoms with E-state index in [-0.39, 0.29) is 11.8 Å². The fourth-order valence-electron chi connectivity index (χ4n) is 4.50. The largest absolute Gasteiger partial charge is 0.337 e. The second-order valence-corrected chi connectivity index (χ2v) is 7.94. The van der Waals surface area contributed by atoms with Crippen LogP contribution in [0, 0.1) is 0 Å². The Morgan fingerprint density at radius 1 is 1.11 bits per heavy atom. The normalized spacial score (nSPS) is 20.5. The van der Waals surface area contributed by atoms with Crippen molar-refractivity contribution in [3.05, 3.63) is 41.6 Å². The van der Waals surface area contributed by atoms with E-state index in [2.05, 4.69) is 31.8 Å². The molecule has 8 heteroatoms. The van der Waals surface area contributed by atoms with Gasteiger partial charge in [-0.25, -0.2) is 0 Å². The molecule has 5 rings (SSSR count). The molecular weight excluding hydrogens is 354 g/mol. The van der Waals surface area contributed by atoms with Crippen molar-refractivity contribution in [1.29, 1.82) is 0 Å². The first-order valence-corrected chi connectivity index (χ1v) is 9.93. The number of aromatic nitrogens is 5. The number of hydrogen-bond donors (Lipinski definition) is 0. The summed E-state index contributed by atoms with van der Waals surface area (Å²) in [6.45, 7) is 4.21. The molecule has 146 valence electrons. The number of aryl methyl sites for hydroxylation is 1. The minimum Gasteiger partial charge on any atom is -0.337 e. The third-order valence-corrected chi connectivity index (χ3v) is 6.01. The number of likely N-dealkylation sites (N-methyl/N-ethyl adjacent to an activating group) is 1. The lowest BCUT2D eigenvalue weighted by Gasteiger charge is -2.33. The molecule has 4 heterocycles. The summed E-state index contributed by atoms with van der Waals surface area (Å²) in [5.74, 6) is 2.31. The highest BCUT2D eigenvalue weighted by Gasteiger charge is 2.32. The van der Waals surface area contributed by atoms with Crippen LogP contribution >= 0.6 is 0 Å². The van der Waals surface area contributed by atoms with E-state index in [0.29, 0.717) is 12.2 Å². The molecule has 0 aliphatic carbocycles. The smallest absolute Gasteiger partial charge is 0.275 e. The molecule has 0 saturated carbocycles. The van der Waals surface area contributed by atoms with Crippen LogP contribution in [0.1, 0.15) is 40.9 Å². The second kappa shape index (κ2) is 6.70. The number of fused-ring (bicyclic) bond motifs is 2. The minimum absolute atomic E-state index is 0.0135. The van der Waals surface area contributed by atoms with E-state index in [1.165, 1.54) is 0 Å². The highest BCUT2D eigenvalue weighted by Crippen LogP contribution is 2.29. The van der Waals surface area contributed by atoms with Crippen LogP contribution in [0.4, 0.5) is 0 Å². The van der Waals surface area contributed by atoms with Gasteiger partial charge >= 0.3 is 0 Å². The molecular formula is C20H25N7O. The van der Waals surface area contributed by atoms with E-state index in [1.807, 2.05) is 36.2 Å². The lowest BCUT2D eigenvalue weighted by molar-refractivity contribution is 0.0697. The summed E-state index contributed by atoms with van der Waals surface area (Å²) in [4.78, 5) is 17.5. The van der Waals surface area contributed by atoms with Gasteiger partial charge in [0.1, 0.15) is 11.6 Å². The van der Waals surface area contributed by atoms with Crippen LogP contribution in [0.5, 0.6) is 0 Å². The number of amides is 1. The van der Waals surface area contributed by atoms with Gasteiger partial charge in [0, 0.05) is 44.5 Å². The van der Waals surface area contributed by atoms with Gasteiger partial charge in [0.15, 0.2) is 5.69 Å². The Balaban J connectivity index is 1.41. The molecule has 1 fully saturated rings. The molecule has 1 atom stereocenters. The van der Waals surface area contributed by atoms with Crippen LogP contribution in [-0.2, 0) is 20.1 Å². The lowest BCUT2D eigenvalue weighted by atomic mass is 9.96. The van der Waals surface area contributed by atoms with E-state index in [1.54, 1.807) is 4.68 Å². The summed E-state index contributed by atoms with van der Waals surface area (Å²) in [7, 11) is 3.99. The summed E-state index contributed by atoms with van der Waals surface area (Å²) in [6.07, 6.45) is 2.02. The van der Waals surface area contributed by atoms with Crippen LogP contribution in [-0.4, -0.2) is 66.9 Å². The molecule has 0 radical (unpaired) electrons. The second-order valence-electron chi connectivity index (χ2n) is 7.94. The highest BCUT2D eigenvalue weighted by atomic mass is 16.2. The van der Waals surface area contributed by atoms with E-state index in [4.69, 9.17) is 0 Å². The van der Waals surface area contributed by atoms with Gasteiger partial charge in [-0.2, -0.15) is 5.10 Å². The van der Waals surface area contributed by atoms with Gasteiger partial charge in [-0.05, 0) is 26.0 Å². The predicted octanol–water partition coefficient (Wildman–Crippen LogP) is 1.63. The molecule has 3 aromatic rings. The van der Waals surface area contributed by atoms with Gasteiger partial charge in [-0.1, -0.05) is 18.2 Å². The van der Waals surface area contributed by atoms with Crippen molar-refractivity contribution in [3.8, 4) is 0 Å². The fraction of sp³-hybridized carbons (Fsp3) is 0.500. The van der Waals surface area contributed by atoms with Crippen molar-refractivity contribution >= 4 is 16.8 Å². The number of benzene rings is 1. The minimum atomic E-state index is 0.0135. The molecule has 0 N–H and O–H groups in total. The zero-order valence-electron chi connectivity index (χ0n) is 16.4. The summed E-state index contributed by atoms with van der Waals surface area (Å²) < 4.78 is 4.05. The Hall–Kier alpha value is -2.74. The maximum absolute atomic E-state index is 13.3. The summed E-state index contributed by atoms with van der Waals surface area (Å²) in [5.41, 5.74) is 1.53. The lowest BCUT2D eigenvalue weighted by Crippen LogP contribution is -2.40. The first kappa shape index (κ1) is 17.4. The Labute approximate surface area is 163 Å². The molecule has 8 nitrogen and oxygen atoms in total. The quantitative estimate of drug-likeness (QED) is 0.677. The van der Waals surface area contributed by atoms with Gasteiger partial charge in [0.25, 0.3) is 5.91 Å². The maximum atomic E-state index is 13.3. The molecule has 0 spiro atoms. The number of carbonyl (C=O) groups is 1. The van der Waals surface area contributed by atoms with Crippen LogP contribution < -0.4 is 0 Å². The number of rotatable bonds is 2. The molecule has 0 bridgehead atoms. The molecule has 1 aromatic carbocycles. The van der Waals surface area contributed by atoms with E-state index >= 15 is 0 Å². The topological polar surface area (TPSA) is 72.1 Å². The Morgan fingerprint density at radius 3 is 2.86 bits per heavy atom. The number of para-hydroxylation sites is 1. The summed E-state index contributed by atoms with van der Waals surface area (Å²) >= 11 is 0. The predicted molar refractivity (Wildman–Crippen MR) is 105 cm³/mol. The molecule has 2 aliphatic heterocycles. The molecule has 2 aliphatic rings. The fourth-order valence-corrected chi connectivity index (χ4v) is 4.50. The van der Waals surface area contributed by atoms with Crippen molar-refractivity contribution in [2.75, 3.05) is 26.7 Å². The standard InChI is InChI=1S/C20H25N7O/c1-24-10-11-27-17(13-24)21-22-19(27)14-6-5-9-26(12-14)20(28)18-15-7-3-4-8-16(15)25(2)23-18/h3-4,7-8,14H,5-6,9-13H2,1-2H3. The van der Waals surface area contributed by atoms with E-state index in [9.17, 15) is 4.79 Å². The van der Waals surface area contributed by atoms with Crippen molar-refractivity contribution in [2.45, 2.75) is 31.8 Å². The monoisotopic (exact) mass is 379 g/mol. The first-order valence-electron chi connectivity index (χ1n) is 9.93. The third-order valence-electron chi connectivity index (χ3n) is 6.01. The number of likely N-dealkylation sites (tertiary alicyclic amines) is 1. The summed E-state index contributed by atoms with van der Waals surface area (Å²) in [5, 5.41) is 14.3. The van der Waals surface area contributed by atoms with Crippen molar-refractivity contribution in [2.24, 2.45) is 7.05 Å². The number of piperidine rings is 1. The highest BCUT2D eigenvalue weighted by molar-refractivity contribution is 6.04. The van der Waals surface area contributed by atoms with E-state index in [0.717, 1.165) is 61.6 Å². The SMILES string of the molecule is CN1CCn2c(nnc2C2CCCN(C(=O)c3nn(C)c4ccccc34)C2)C1. The van der Waals surface area contributed by atoms with E-state index < -0.39 is 0 Å². The Morgan fingerprint density at radius 2 is 1.96 bits per heavy atom. The third kappa shape index (κ3) is 2.79. The van der Waals surface area contributed by atoms with Crippen LogP contribution in [0.15, 0.2) is 24.3 Å². The zero-order chi connectivity index (χ0) is 19.3. The van der Waals surface area contributed by atoms with Gasteiger partial charge in [0.05, 0.1) is 12.1 Å². The molecule has 2 aromatic heterocycles. The average molecular weight is 379 g/mol. The zero-order valence-corrected chi connectivity index (χ0v) is 16.4. The number of hydrogen-bond acceptors (Lipinski definition) is 5. The molecule has 28 heavy (non-hydrogen) atoms. The number of carbonyl (C=O) groups excluding carboxylic acids is 1. The summed E-state index contributed by atoms with van der Waals surface area (Å²) in [6, 6.07) is 7.90. The van der Waals surface area contributed by atoms with Gasteiger partial charge in [-0.3, -0.25) is 14.4 Å². The van der Waals surface area contributed by atoms with Crippen LogP contribution in [0.2, 0.25) is 0 Å².